The number of para-hydroxylation sites is 1. The third-order valence-corrected chi connectivity index (χ3v) is 4.26. The lowest BCUT2D eigenvalue weighted by Gasteiger charge is -2.22. The van der Waals surface area contributed by atoms with Gasteiger partial charge < -0.3 is 0 Å². The van der Waals surface area contributed by atoms with Crippen molar-refractivity contribution >= 4 is 33.0 Å². The SMILES string of the molecule is O=C(CCl)N(C1=CS(=O)(=O)CC1)c1ccccc1. The molecule has 2 rings (SSSR count). The second-order valence-corrected chi connectivity index (χ2v) is 6.16. The van der Waals surface area contributed by atoms with Crippen LogP contribution in [0.15, 0.2) is 41.4 Å². The zero-order chi connectivity index (χ0) is 13.2. The van der Waals surface area contributed by atoms with Crippen molar-refractivity contribution in [3.63, 3.8) is 0 Å². The van der Waals surface area contributed by atoms with Crippen LogP contribution in [-0.4, -0.2) is 26.0 Å². The second kappa shape index (κ2) is 5.12. The number of sulfone groups is 1. The summed E-state index contributed by atoms with van der Waals surface area (Å²) in [5.41, 5.74) is 1.11. The van der Waals surface area contributed by atoms with E-state index in [1.165, 1.54) is 4.90 Å². The van der Waals surface area contributed by atoms with E-state index in [0.29, 0.717) is 17.8 Å². The molecular formula is C12H12ClNO3S. The fourth-order valence-corrected chi connectivity index (χ4v) is 3.21. The molecular weight excluding hydrogens is 274 g/mol. The maximum Gasteiger partial charge on any atom is 0.246 e. The van der Waals surface area contributed by atoms with E-state index in [9.17, 15) is 13.2 Å². The average molecular weight is 286 g/mol. The topological polar surface area (TPSA) is 54.5 Å². The van der Waals surface area contributed by atoms with Gasteiger partial charge >= 0.3 is 0 Å². The number of hydrogen-bond donors (Lipinski definition) is 0. The number of nitrogens with zero attached hydrogens (tertiary/aromatic N) is 1. The monoisotopic (exact) mass is 285 g/mol. The highest BCUT2D eigenvalue weighted by molar-refractivity contribution is 7.94. The molecule has 0 atom stereocenters. The number of carbonyl (C=O) groups is 1. The van der Waals surface area contributed by atoms with Crippen LogP contribution in [0.1, 0.15) is 6.42 Å². The highest BCUT2D eigenvalue weighted by Crippen LogP contribution is 2.26. The maximum absolute atomic E-state index is 11.9. The number of carbonyl (C=O) groups excluding carboxylic acids is 1. The van der Waals surface area contributed by atoms with E-state index in [0.717, 1.165) is 5.41 Å². The number of halogens is 1. The van der Waals surface area contributed by atoms with Gasteiger partial charge in [-0.15, -0.1) is 11.6 Å². The minimum absolute atomic E-state index is 0.0429. The summed E-state index contributed by atoms with van der Waals surface area (Å²) in [7, 11) is -3.19. The number of amides is 1. The molecule has 1 aliphatic rings. The van der Waals surface area contributed by atoms with Crippen molar-refractivity contribution < 1.29 is 13.2 Å². The number of benzene rings is 1. The molecule has 0 N–H and O–H groups in total. The van der Waals surface area contributed by atoms with Crippen molar-refractivity contribution in [2.24, 2.45) is 0 Å². The molecule has 1 heterocycles. The Kier molecular flexibility index (Phi) is 3.73. The first-order chi connectivity index (χ1) is 8.53. The molecule has 96 valence electrons. The number of allylic oxidation sites excluding steroid dienone is 1. The highest BCUT2D eigenvalue weighted by atomic mass is 35.5. The van der Waals surface area contributed by atoms with Crippen molar-refractivity contribution in [2.45, 2.75) is 6.42 Å². The van der Waals surface area contributed by atoms with E-state index in [4.69, 9.17) is 11.6 Å². The van der Waals surface area contributed by atoms with Gasteiger partial charge in [-0.05, 0) is 12.1 Å². The summed E-state index contributed by atoms with van der Waals surface area (Å²) in [6.45, 7) is 0. The fourth-order valence-electron chi connectivity index (χ4n) is 1.84. The molecule has 0 aliphatic carbocycles. The molecule has 0 aromatic heterocycles. The summed E-state index contributed by atoms with van der Waals surface area (Å²) in [5, 5.41) is 1.16. The van der Waals surface area contributed by atoms with Gasteiger partial charge in [-0.1, -0.05) is 18.2 Å². The van der Waals surface area contributed by atoms with Crippen LogP contribution in [0.25, 0.3) is 0 Å². The largest absolute Gasteiger partial charge is 0.283 e. The van der Waals surface area contributed by atoms with E-state index in [1.54, 1.807) is 24.3 Å². The standard InChI is InChI=1S/C12H12ClNO3S/c13-8-12(15)14(10-4-2-1-3-5-10)11-6-7-18(16,17)9-11/h1-5,9H,6-8H2. The van der Waals surface area contributed by atoms with Crippen molar-refractivity contribution in [2.75, 3.05) is 16.5 Å². The van der Waals surface area contributed by atoms with Gasteiger partial charge in [-0.25, -0.2) is 8.42 Å². The first kappa shape index (κ1) is 13.1. The lowest BCUT2D eigenvalue weighted by atomic mass is 10.2. The number of rotatable bonds is 3. The Hall–Kier alpha value is -1.33. The molecule has 6 heteroatoms. The summed E-state index contributed by atoms with van der Waals surface area (Å²) < 4.78 is 22.9. The Balaban J connectivity index is 2.43. The maximum atomic E-state index is 11.9. The van der Waals surface area contributed by atoms with E-state index in [-0.39, 0.29) is 17.5 Å². The van der Waals surface area contributed by atoms with Crippen molar-refractivity contribution in [3.05, 3.63) is 41.4 Å². The van der Waals surface area contributed by atoms with Crippen molar-refractivity contribution in [3.8, 4) is 0 Å². The van der Waals surface area contributed by atoms with E-state index >= 15 is 0 Å². The van der Waals surface area contributed by atoms with E-state index in [1.807, 2.05) is 6.07 Å². The minimum atomic E-state index is -3.19. The van der Waals surface area contributed by atoms with Crippen LogP contribution >= 0.6 is 11.6 Å². The Morgan fingerprint density at radius 2 is 1.94 bits per heavy atom. The molecule has 0 radical (unpaired) electrons. The predicted molar refractivity (Wildman–Crippen MR) is 71.1 cm³/mol. The van der Waals surface area contributed by atoms with Gasteiger partial charge in [0.1, 0.15) is 5.88 Å². The highest BCUT2D eigenvalue weighted by Gasteiger charge is 2.27. The summed E-state index contributed by atoms with van der Waals surface area (Å²) in [5.74, 6) is -0.473. The number of alkyl halides is 1. The van der Waals surface area contributed by atoms with Crippen molar-refractivity contribution in [1.29, 1.82) is 0 Å². The van der Waals surface area contributed by atoms with Gasteiger partial charge in [0.2, 0.25) is 5.91 Å². The third-order valence-electron chi connectivity index (χ3n) is 2.62. The fraction of sp³-hybridized carbons (Fsp3) is 0.250. The molecule has 4 nitrogen and oxygen atoms in total. The summed E-state index contributed by atoms with van der Waals surface area (Å²) in [6, 6.07) is 8.89. The summed E-state index contributed by atoms with van der Waals surface area (Å²) >= 11 is 5.58. The van der Waals surface area contributed by atoms with Crippen LogP contribution in [0.2, 0.25) is 0 Å². The Bertz CT molecular complexity index is 581. The predicted octanol–water partition coefficient (Wildman–Crippen LogP) is 1.92. The van der Waals surface area contributed by atoms with Crippen molar-refractivity contribution in [1.82, 2.24) is 0 Å². The van der Waals surface area contributed by atoms with Crippen LogP contribution in [-0.2, 0) is 14.6 Å². The smallest absolute Gasteiger partial charge is 0.246 e. The lowest BCUT2D eigenvalue weighted by molar-refractivity contribution is -0.115. The zero-order valence-corrected chi connectivity index (χ0v) is 11.1. The number of hydrogen-bond acceptors (Lipinski definition) is 3. The minimum Gasteiger partial charge on any atom is -0.283 e. The Morgan fingerprint density at radius 1 is 1.28 bits per heavy atom. The van der Waals surface area contributed by atoms with Crippen LogP contribution in [0, 0.1) is 0 Å². The second-order valence-electron chi connectivity index (χ2n) is 3.92. The molecule has 1 aromatic carbocycles. The van der Waals surface area contributed by atoms with Gasteiger partial charge in [0.25, 0.3) is 0 Å². The normalized spacial score (nSPS) is 17.3. The molecule has 1 aromatic rings. The van der Waals surface area contributed by atoms with Gasteiger partial charge in [0.15, 0.2) is 9.84 Å². The third kappa shape index (κ3) is 2.73. The molecule has 0 saturated heterocycles. The first-order valence-corrected chi connectivity index (χ1v) is 7.66. The van der Waals surface area contributed by atoms with Gasteiger partial charge in [-0.3, -0.25) is 9.69 Å². The first-order valence-electron chi connectivity index (χ1n) is 5.41. The van der Waals surface area contributed by atoms with Crippen LogP contribution in [0.4, 0.5) is 5.69 Å². The molecule has 18 heavy (non-hydrogen) atoms. The molecule has 0 fully saturated rings. The molecule has 1 aliphatic heterocycles. The van der Waals surface area contributed by atoms with Crippen LogP contribution < -0.4 is 4.90 Å². The number of anilines is 1. The molecule has 0 spiro atoms. The summed E-state index contributed by atoms with van der Waals surface area (Å²) in [4.78, 5) is 13.2. The van der Waals surface area contributed by atoms with E-state index < -0.39 is 9.84 Å². The zero-order valence-electron chi connectivity index (χ0n) is 9.54. The average Bonchev–Trinajstić information content (AvgIpc) is 2.71. The quantitative estimate of drug-likeness (QED) is 0.797. The Labute approximate surface area is 111 Å². The van der Waals surface area contributed by atoms with Gasteiger partial charge in [0.05, 0.1) is 11.2 Å². The van der Waals surface area contributed by atoms with E-state index in [2.05, 4.69) is 0 Å². The van der Waals surface area contributed by atoms with Gasteiger partial charge in [-0.2, -0.15) is 0 Å². The summed E-state index contributed by atoms with van der Waals surface area (Å²) in [6.07, 6.45) is 0.333. The molecule has 1 amide bonds. The molecule has 0 saturated carbocycles. The van der Waals surface area contributed by atoms with Crippen LogP contribution in [0.5, 0.6) is 0 Å². The molecule has 0 unspecified atom stereocenters. The lowest BCUT2D eigenvalue weighted by Crippen LogP contribution is -2.30. The van der Waals surface area contributed by atoms with Crippen LogP contribution in [0.3, 0.4) is 0 Å². The van der Waals surface area contributed by atoms with Gasteiger partial charge in [0, 0.05) is 17.8 Å². The molecule has 0 bridgehead atoms. The Morgan fingerprint density at radius 3 is 2.44 bits per heavy atom.